The van der Waals surface area contributed by atoms with Crippen LogP contribution in [-0.2, 0) is 9.53 Å². The van der Waals surface area contributed by atoms with E-state index in [0.29, 0.717) is 30.9 Å². The maximum absolute atomic E-state index is 13.0. The van der Waals surface area contributed by atoms with Crippen molar-refractivity contribution in [3.63, 3.8) is 0 Å². The number of amides is 1. The fourth-order valence-electron chi connectivity index (χ4n) is 4.47. The molecule has 2 fully saturated rings. The van der Waals surface area contributed by atoms with Gasteiger partial charge >= 0.3 is 0 Å². The molecule has 0 bridgehead atoms. The van der Waals surface area contributed by atoms with Crippen LogP contribution in [0.15, 0.2) is 24.3 Å². The number of benzene rings is 1. The van der Waals surface area contributed by atoms with Gasteiger partial charge in [-0.05, 0) is 30.4 Å². The van der Waals surface area contributed by atoms with Gasteiger partial charge in [0.1, 0.15) is 5.75 Å². The Labute approximate surface area is 157 Å². The number of nitrogens with one attached hydrogen (secondary N) is 1. The molecule has 2 unspecified atom stereocenters. The number of hydrogen-bond donors (Lipinski definition) is 1. The van der Waals surface area contributed by atoms with E-state index >= 15 is 0 Å². The third-order valence-electron chi connectivity index (χ3n) is 5.91. The van der Waals surface area contributed by atoms with Crippen molar-refractivity contribution in [2.45, 2.75) is 31.6 Å². The first-order valence-corrected chi connectivity index (χ1v) is 9.86. The molecule has 5 nitrogen and oxygen atoms in total. The van der Waals surface area contributed by atoms with Gasteiger partial charge in [-0.2, -0.15) is 0 Å². The molecule has 1 heterocycles. The van der Waals surface area contributed by atoms with Gasteiger partial charge in [0.25, 0.3) is 0 Å². The van der Waals surface area contributed by atoms with E-state index < -0.39 is 0 Å². The molecule has 1 aliphatic carbocycles. The van der Waals surface area contributed by atoms with E-state index in [1.807, 2.05) is 12.1 Å². The van der Waals surface area contributed by atoms with Crippen LogP contribution in [0.5, 0.6) is 5.75 Å². The monoisotopic (exact) mass is 360 g/mol. The third-order valence-corrected chi connectivity index (χ3v) is 5.91. The molecule has 1 N–H and O–H groups in total. The van der Waals surface area contributed by atoms with Gasteiger partial charge < -0.3 is 19.7 Å². The first kappa shape index (κ1) is 19.2. The lowest BCUT2D eigenvalue weighted by Gasteiger charge is -2.30. The van der Waals surface area contributed by atoms with Crippen LogP contribution in [-0.4, -0.2) is 57.8 Å². The molecular weight excluding hydrogens is 328 g/mol. The van der Waals surface area contributed by atoms with E-state index in [1.54, 1.807) is 14.2 Å². The van der Waals surface area contributed by atoms with E-state index in [1.165, 1.54) is 18.4 Å². The molecular formula is C21H32N2O3. The van der Waals surface area contributed by atoms with E-state index in [4.69, 9.17) is 9.47 Å². The lowest BCUT2D eigenvalue weighted by Crippen LogP contribution is -2.42. The average Bonchev–Trinajstić information content (AvgIpc) is 3.36. The predicted molar refractivity (Wildman–Crippen MR) is 103 cm³/mol. The largest absolute Gasteiger partial charge is 0.496 e. The molecule has 26 heavy (non-hydrogen) atoms. The summed E-state index contributed by atoms with van der Waals surface area (Å²) in [6, 6.07) is 8.26. The fraction of sp³-hybridized carbons (Fsp3) is 0.667. The first-order chi connectivity index (χ1) is 12.7. The van der Waals surface area contributed by atoms with Crippen molar-refractivity contribution >= 4 is 5.91 Å². The zero-order chi connectivity index (χ0) is 18.4. The molecule has 1 aromatic carbocycles. The molecule has 1 amide bonds. The van der Waals surface area contributed by atoms with Gasteiger partial charge in [0.15, 0.2) is 0 Å². The maximum atomic E-state index is 13.0. The first-order valence-electron chi connectivity index (χ1n) is 9.86. The van der Waals surface area contributed by atoms with Crippen LogP contribution in [0.1, 0.15) is 37.2 Å². The van der Waals surface area contributed by atoms with Crippen LogP contribution in [0.25, 0.3) is 0 Å². The van der Waals surface area contributed by atoms with E-state index in [2.05, 4.69) is 22.3 Å². The number of hydrogen-bond acceptors (Lipinski definition) is 4. The molecule has 1 saturated carbocycles. The SMILES string of the molecule is COCCN(CC1CNCC1c1ccccc1OC)C(=O)C1CCCC1. The Morgan fingerprint density at radius 1 is 1.19 bits per heavy atom. The molecule has 3 rings (SSSR count). The summed E-state index contributed by atoms with van der Waals surface area (Å²) in [7, 11) is 3.43. The molecule has 1 aromatic rings. The van der Waals surface area contributed by atoms with Gasteiger partial charge in [-0.3, -0.25) is 4.79 Å². The number of carbonyl (C=O) groups is 1. The predicted octanol–water partition coefficient (Wildman–Crippen LogP) is 2.66. The van der Waals surface area contributed by atoms with Gasteiger partial charge in [-0.1, -0.05) is 31.0 Å². The number of ether oxygens (including phenoxy) is 2. The second-order valence-electron chi connectivity index (χ2n) is 7.53. The molecule has 0 radical (unpaired) electrons. The van der Waals surface area contributed by atoms with Crippen LogP contribution in [0.2, 0.25) is 0 Å². The summed E-state index contributed by atoms with van der Waals surface area (Å²) in [5, 5.41) is 3.52. The van der Waals surface area contributed by atoms with Crippen molar-refractivity contribution in [3.05, 3.63) is 29.8 Å². The van der Waals surface area contributed by atoms with Crippen LogP contribution in [0.3, 0.4) is 0 Å². The minimum atomic E-state index is 0.214. The maximum Gasteiger partial charge on any atom is 0.225 e. The van der Waals surface area contributed by atoms with Crippen molar-refractivity contribution in [2.24, 2.45) is 11.8 Å². The summed E-state index contributed by atoms with van der Waals surface area (Å²) < 4.78 is 10.8. The van der Waals surface area contributed by atoms with Gasteiger partial charge in [0.2, 0.25) is 5.91 Å². The van der Waals surface area contributed by atoms with E-state index in [-0.39, 0.29) is 5.92 Å². The fourth-order valence-corrected chi connectivity index (χ4v) is 4.47. The van der Waals surface area contributed by atoms with Crippen LogP contribution in [0.4, 0.5) is 0 Å². The standard InChI is InChI=1S/C21H32N2O3/c1-25-12-11-23(21(24)16-7-3-4-8-16)15-17-13-22-14-19(17)18-9-5-6-10-20(18)26-2/h5-6,9-10,16-17,19,22H,3-4,7-8,11-15H2,1-2H3. The van der Waals surface area contributed by atoms with Crippen LogP contribution < -0.4 is 10.1 Å². The van der Waals surface area contributed by atoms with Crippen molar-refractivity contribution in [2.75, 3.05) is 47.0 Å². The zero-order valence-corrected chi connectivity index (χ0v) is 16.1. The number of carbonyl (C=O) groups excluding carboxylic acids is 1. The van der Waals surface area contributed by atoms with Crippen molar-refractivity contribution in [1.82, 2.24) is 10.2 Å². The normalized spacial score (nSPS) is 23.3. The highest BCUT2D eigenvalue weighted by Gasteiger charge is 2.34. The van der Waals surface area contributed by atoms with Crippen molar-refractivity contribution in [1.29, 1.82) is 0 Å². The molecule has 2 atom stereocenters. The Morgan fingerprint density at radius 3 is 2.69 bits per heavy atom. The molecule has 0 spiro atoms. The Bertz CT molecular complexity index is 586. The number of nitrogens with zero attached hydrogens (tertiary/aromatic N) is 1. The smallest absolute Gasteiger partial charge is 0.225 e. The summed E-state index contributed by atoms with van der Waals surface area (Å²) in [6.45, 7) is 3.93. The molecule has 0 aromatic heterocycles. The van der Waals surface area contributed by atoms with Gasteiger partial charge in [-0.15, -0.1) is 0 Å². The van der Waals surface area contributed by atoms with Crippen molar-refractivity contribution < 1.29 is 14.3 Å². The molecule has 1 aliphatic heterocycles. The van der Waals surface area contributed by atoms with Gasteiger partial charge in [-0.25, -0.2) is 0 Å². The average molecular weight is 360 g/mol. The Balaban J connectivity index is 1.73. The number of methoxy groups -OCH3 is 2. The summed E-state index contributed by atoms with van der Waals surface area (Å²) in [4.78, 5) is 15.1. The van der Waals surface area contributed by atoms with Gasteiger partial charge in [0, 0.05) is 45.1 Å². The summed E-state index contributed by atoms with van der Waals surface area (Å²) in [5.74, 6) is 2.24. The highest BCUT2D eigenvalue weighted by atomic mass is 16.5. The minimum Gasteiger partial charge on any atom is -0.496 e. The lowest BCUT2D eigenvalue weighted by molar-refractivity contribution is -0.136. The second-order valence-corrected chi connectivity index (χ2v) is 7.53. The Kier molecular flexibility index (Phi) is 6.92. The molecule has 144 valence electrons. The third kappa shape index (κ3) is 4.38. The summed E-state index contributed by atoms with van der Waals surface area (Å²) >= 11 is 0. The highest BCUT2D eigenvalue weighted by Crippen LogP contribution is 2.35. The molecule has 1 saturated heterocycles. The summed E-state index contributed by atoms with van der Waals surface area (Å²) in [5.41, 5.74) is 1.24. The van der Waals surface area contributed by atoms with Crippen molar-refractivity contribution in [3.8, 4) is 5.75 Å². The summed E-state index contributed by atoms with van der Waals surface area (Å²) in [6.07, 6.45) is 4.45. The second kappa shape index (κ2) is 9.38. The number of rotatable bonds is 8. The topological polar surface area (TPSA) is 50.8 Å². The highest BCUT2D eigenvalue weighted by molar-refractivity contribution is 5.79. The molecule has 5 heteroatoms. The van der Waals surface area contributed by atoms with E-state index in [0.717, 1.165) is 38.2 Å². The lowest BCUT2D eigenvalue weighted by atomic mass is 9.87. The van der Waals surface area contributed by atoms with Gasteiger partial charge in [0.05, 0.1) is 13.7 Å². The Hall–Kier alpha value is -1.59. The van der Waals surface area contributed by atoms with E-state index in [9.17, 15) is 4.79 Å². The van der Waals surface area contributed by atoms with Crippen LogP contribution in [0, 0.1) is 11.8 Å². The molecule has 2 aliphatic rings. The quantitative estimate of drug-likeness (QED) is 0.774. The zero-order valence-electron chi connectivity index (χ0n) is 16.1. The minimum absolute atomic E-state index is 0.214. The number of para-hydroxylation sites is 1. The van der Waals surface area contributed by atoms with Crippen LogP contribution >= 0.6 is 0 Å². The Morgan fingerprint density at radius 2 is 1.96 bits per heavy atom.